The van der Waals surface area contributed by atoms with E-state index in [1.54, 1.807) is 18.2 Å². The largest absolute Gasteiger partial charge is 0.493 e. The van der Waals surface area contributed by atoms with Gasteiger partial charge in [-0.25, -0.2) is 4.39 Å². The SMILES string of the molecule is O=C(CC1(COc2ccc(Cl)cc2)CCCN(C(=O)C2(c3cccc(F)c3)CCCC2)C1)N1CCCCC1. The van der Waals surface area contributed by atoms with Crippen LogP contribution in [0, 0.1) is 11.2 Å². The summed E-state index contributed by atoms with van der Waals surface area (Å²) in [6.07, 6.45) is 8.60. The van der Waals surface area contributed by atoms with Gasteiger partial charge in [0.25, 0.3) is 0 Å². The molecule has 1 saturated carbocycles. The Morgan fingerprint density at radius 3 is 2.29 bits per heavy atom. The number of carbonyl (C=O) groups excluding carboxylic acids is 2. The number of hydrogen-bond acceptors (Lipinski definition) is 3. The average molecular weight is 541 g/mol. The standard InChI is InChI=1S/C31H38ClFN2O3/c32-25-10-12-27(13-11-25)38-23-30(21-28(36)34-17-4-1-5-18-34)14-7-19-35(22-30)29(37)31(15-2-3-16-31)24-8-6-9-26(33)20-24/h6,8-13,20H,1-5,7,14-19,21-23H2. The van der Waals surface area contributed by atoms with Crippen molar-refractivity contribution in [3.8, 4) is 5.75 Å². The minimum atomic E-state index is -0.695. The third kappa shape index (κ3) is 5.85. The van der Waals surface area contributed by atoms with E-state index in [0.29, 0.717) is 36.9 Å². The van der Waals surface area contributed by atoms with Gasteiger partial charge in [-0.2, -0.15) is 0 Å². The van der Waals surface area contributed by atoms with Crippen LogP contribution < -0.4 is 4.74 Å². The zero-order valence-corrected chi connectivity index (χ0v) is 22.9. The van der Waals surface area contributed by atoms with Crippen LogP contribution in [0.25, 0.3) is 0 Å². The van der Waals surface area contributed by atoms with E-state index in [2.05, 4.69) is 0 Å². The van der Waals surface area contributed by atoms with Gasteiger partial charge >= 0.3 is 0 Å². The number of rotatable bonds is 7. The second kappa shape index (κ2) is 11.6. The van der Waals surface area contributed by atoms with Crippen molar-refractivity contribution in [3.05, 3.63) is 64.9 Å². The molecule has 2 aromatic rings. The summed E-state index contributed by atoms with van der Waals surface area (Å²) in [6, 6.07) is 13.8. The van der Waals surface area contributed by atoms with Crippen molar-refractivity contribution < 1.29 is 18.7 Å². The molecule has 1 atom stereocenters. The molecule has 2 saturated heterocycles. The molecule has 3 aliphatic rings. The van der Waals surface area contributed by atoms with Gasteiger partial charge < -0.3 is 14.5 Å². The molecule has 0 aromatic heterocycles. The summed E-state index contributed by atoms with van der Waals surface area (Å²) < 4.78 is 20.5. The molecule has 2 amide bonds. The Morgan fingerprint density at radius 2 is 1.58 bits per heavy atom. The van der Waals surface area contributed by atoms with E-state index in [1.807, 2.05) is 28.0 Å². The summed E-state index contributed by atoms with van der Waals surface area (Å²) in [7, 11) is 0. The van der Waals surface area contributed by atoms with Crippen LogP contribution in [0.1, 0.15) is 69.8 Å². The van der Waals surface area contributed by atoms with Gasteiger partial charge in [-0.3, -0.25) is 9.59 Å². The van der Waals surface area contributed by atoms with Crippen molar-refractivity contribution in [2.24, 2.45) is 5.41 Å². The molecule has 38 heavy (non-hydrogen) atoms. The van der Waals surface area contributed by atoms with Gasteiger partial charge in [0.2, 0.25) is 11.8 Å². The minimum Gasteiger partial charge on any atom is -0.493 e. The highest BCUT2D eigenvalue weighted by Gasteiger charge is 2.48. The fourth-order valence-electron chi connectivity index (χ4n) is 6.73. The normalized spacial score (nSPS) is 23.3. The lowest BCUT2D eigenvalue weighted by Gasteiger charge is -2.46. The van der Waals surface area contributed by atoms with Crippen molar-refractivity contribution in [1.29, 1.82) is 0 Å². The quantitative estimate of drug-likeness (QED) is 0.409. The van der Waals surface area contributed by atoms with Crippen LogP contribution in [-0.2, 0) is 15.0 Å². The number of hydrogen-bond donors (Lipinski definition) is 0. The number of piperidine rings is 2. The first-order valence-corrected chi connectivity index (χ1v) is 14.5. The summed E-state index contributed by atoms with van der Waals surface area (Å²) in [6.45, 7) is 3.08. The molecular formula is C31H38ClFN2O3. The Balaban J connectivity index is 1.39. The molecule has 5 rings (SSSR count). The molecule has 0 radical (unpaired) electrons. The van der Waals surface area contributed by atoms with Crippen LogP contribution in [0.15, 0.2) is 48.5 Å². The second-order valence-corrected chi connectivity index (χ2v) is 11.9. The number of likely N-dealkylation sites (tertiary alicyclic amines) is 2. The molecule has 3 fully saturated rings. The van der Waals surface area contributed by atoms with Crippen molar-refractivity contribution in [2.75, 3.05) is 32.8 Å². The van der Waals surface area contributed by atoms with Gasteiger partial charge in [0, 0.05) is 43.0 Å². The number of benzene rings is 2. The van der Waals surface area contributed by atoms with E-state index < -0.39 is 10.8 Å². The lowest BCUT2D eigenvalue weighted by Crippen LogP contribution is -2.55. The van der Waals surface area contributed by atoms with Crippen LogP contribution >= 0.6 is 11.6 Å². The zero-order valence-electron chi connectivity index (χ0n) is 22.1. The summed E-state index contributed by atoms with van der Waals surface area (Å²) >= 11 is 6.06. The molecule has 2 aromatic carbocycles. The molecular weight excluding hydrogens is 503 g/mol. The summed E-state index contributed by atoms with van der Waals surface area (Å²) in [5.74, 6) is 0.619. The maximum Gasteiger partial charge on any atom is 0.233 e. The predicted octanol–water partition coefficient (Wildman–Crippen LogP) is 6.38. The molecule has 2 heterocycles. The zero-order chi connectivity index (χ0) is 26.6. The Hall–Kier alpha value is -2.60. The van der Waals surface area contributed by atoms with Crippen molar-refractivity contribution in [1.82, 2.24) is 9.80 Å². The van der Waals surface area contributed by atoms with E-state index in [0.717, 1.165) is 70.0 Å². The van der Waals surface area contributed by atoms with Gasteiger partial charge in [0.15, 0.2) is 0 Å². The first-order valence-electron chi connectivity index (χ1n) is 14.1. The third-order valence-electron chi connectivity index (χ3n) is 8.79. The molecule has 1 aliphatic carbocycles. The summed E-state index contributed by atoms with van der Waals surface area (Å²) in [5.41, 5.74) is -0.402. The average Bonchev–Trinajstić information content (AvgIpc) is 3.44. The first kappa shape index (κ1) is 27.0. The minimum absolute atomic E-state index is 0.0709. The number of nitrogens with zero attached hydrogens (tertiary/aromatic N) is 2. The van der Waals surface area contributed by atoms with Crippen molar-refractivity contribution in [2.45, 2.75) is 69.6 Å². The molecule has 5 nitrogen and oxygen atoms in total. The van der Waals surface area contributed by atoms with Crippen LogP contribution in [0.5, 0.6) is 5.75 Å². The molecule has 0 spiro atoms. The van der Waals surface area contributed by atoms with Crippen molar-refractivity contribution >= 4 is 23.4 Å². The molecule has 7 heteroatoms. The highest BCUT2D eigenvalue weighted by Crippen LogP contribution is 2.45. The lowest BCUT2D eigenvalue weighted by atomic mass is 9.74. The number of carbonyl (C=O) groups is 2. The molecule has 1 unspecified atom stereocenters. The molecule has 0 bridgehead atoms. The predicted molar refractivity (Wildman–Crippen MR) is 147 cm³/mol. The third-order valence-corrected chi connectivity index (χ3v) is 9.04. The van der Waals surface area contributed by atoms with Gasteiger partial charge in [-0.05, 0) is 86.9 Å². The summed E-state index contributed by atoms with van der Waals surface area (Å²) in [5, 5.41) is 0.640. The fraction of sp³-hybridized carbons (Fsp3) is 0.548. The van der Waals surface area contributed by atoms with Gasteiger partial charge in [0.05, 0.1) is 12.0 Å². The number of ether oxygens (including phenoxy) is 1. The van der Waals surface area contributed by atoms with E-state index in [1.165, 1.54) is 18.6 Å². The van der Waals surface area contributed by atoms with Crippen molar-refractivity contribution in [3.63, 3.8) is 0 Å². The monoisotopic (exact) mass is 540 g/mol. The summed E-state index contributed by atoms with van der Waals surface area (Å²) in [4.78, 5) is 31.7. The van der Waals surface area contributed by atoms with Gasteiger partial charge in [-0.15, -0.1) is 0 Å². The smallest absolute Gasteiger partial charge is 0.233 e. The fourth-order valence-corrected chi connectivity index (χ4v) is 6.86. The highest BCUT2D eigenvalue weighted by atomic mass is 35.5. The van der Waals surface area contributed by atoms with Crippen LogP contribution in [-0.4, -0.2) is 54.4 Å². The van der Waals surface area contributed by atoms with Gasteiger partial charge in [-0.1, -0.05) is 36.6 Å². The highest BCUT2D eigenvalue weighted by molar-refractivity contribution is 6.30. The number of halogens is 2. The van der Waals surface area contributed by atoms with Crippen LogP contribution in [0.3, 0.4) is 0 Å². The van der Waals surface area contributed by atoms with Crippen LogP contribution in [0.2, 0.25) is 5.02 Å². The Bertz CT molecular complexity index is 1130. The molecule has 204 valence electrons. The van der Waals surface area contributed by atoms with E-state index in [4.69, 9.17) is 16.3 Å². The Kier molecular flexibility index (Phi) is 8.27. The maximum absolute atomic E-state index is 14.3. The lowest BCUT2D eigenvalue weighted by molar-refractivity contribution is -0.145. The Labute approximate surface area is 230 Å². The van der Waals surface area contributed by atoms with E-state index in [9.17, 15) is 14.0 Å². The Morgan fingerprint density at radius 1 is 0.868 bits per heavy atom. The maximum atomic E-state index is 14.3. The molecule has 2 aliphatic heterocycles. The number of amides is 2. The van der Waals surface area contributed by atoms with Crippen LogP contribution in [0.4, 0.5) is 4.39 Å². The van der Waals surface area contributed by atoms with E-state index >= 15 is 0 Å². The van der Waals surface area contributed by atoms with Gasteiger partial charge in [0.1, 0.15) is 11.6 Å². The molecule has 0 N–H and O–H groups in total. The second-order valence-electron chi connectivity index (χ2n) is 11.5. The first-order chi connectivity index (χ1) is 18.4. The van der Waals surface area contributed by atoms with E-state index in [-0.39, 0.29) is 17.6 Å². The topological polar surface area (TPSA) is 49.9 Å².